The smallest absolute Gasteiger partial charge is 0.182 e. The second kappa shape index (κ2) is 5.63. The maximum absolute atomic E-state index is 12.4. The van der Waals surface area contributed by atoms with Gasteiger partial charge >= 0.3 is 0 Å². The lowest BCUT2D eigenvalue weighted by Crippen LogP contribution is -2.08. The van der Waals surface area contributed by atoms with Gasteiger partial charge in [0, 0.05) is 0 Å². The highest BCUT2D eigenvalue weighted by Gasteiger charge is 2.17. The highest BCUT2D eigenvalue weighted by molar-refractivity contribution is 7.91. The van der Waals surface area contributed by atoms with E-state index in [4.69, 9.17) is 0 Å². The molecule has 2 nitrogen and oxygen atoms in total. The normalized spacial score (nSPS) is 11.3. The van der Waals surface area contributed by atoms with E-state index in [9.17, 15) is 8.42 Å². The molecule has 3 heteroatoms. The van der Waals surface area contributed by atoms with Crippen LogP contribution in [0.4, 0.5) is 0 Å². The zero-order chi connectivity index (χ0) is 14.8. The third kappa shape index (κ3) is 3.17. The van der Waals surface area contributed by atoms with Gasteiger partial charge in [-0.1, -0.05) is 43.0 Å². The molecule has 0 aliphatic rings. The molecule has 0 unspecified atom stereocenters. The summed E-state index contributed by atoms with van der Waals surface area (Å²) in [4.78, 5) is 0.359. The fourth-order valence-electron chi connectivity index (χ4n) is 1.98. The minimum absolute atomic E-state index is 0.0560. The van der Waals surface area contributed by atoms with Gasteiger partial charge in [0.25, 0.3) is 0 Å². The lowest BCUT2D eigenvalue weighted by atomic mass is 10.1. The Morgan fingerprint density at radius 1 is 1.00 bits per heavy atom. The van der Waals surface area contributed by atoms with E-state index in [1.54, 1.807) is 12.1 Å². The van der Waals surface area contributed by atoms with Crippen LogP contribution in [0.2, 0.25) is 0 Å². The Labute approximate surface area is 120 Å². The minimum Gasteiger partial charge on any atom is -0.223 e. The zero-order valence-electron chi connectivity index (χ0n) is 11.8. The van der Waals surface area contributed by atoms with Crippen LogP contribution in [0, 0.1) is 13.8 Å². The van der Waals surface area contributed by atoms with Crippen molar-refractivity contribution < 1.29 is 8.42 Å². The molecule has 2 aromatic carbocycles. The molecule has 0 saturated carbocycles. The number of aryl methyl sites for hydroxylation is 2. The van der Waals surface area contributed by atoms with E-state index in [2.05, 4.69) is 6.58 Å². The Balaban J connectivity index is 2.27. The van der Waals surface area contributed by atoms with Gasteiger partial charge in [-0.25, -0.2) is 8.42 Å². The first-order valence-corrected chi connectivity index (χ1v) is 8.08. The van der Waals surface area contributed by atoms with Crippen molar-refractivity contribution in [1.29, 1.82) is 0 Å². The van der Waals surface area contributed by atoms with Crippen LogP contribution in [0.3, 0.4) is 0 Å². The van der Waals surface area contributed by atoms with E-state index in [0.717, 1.165) is 16.7 Å². The molecule has 0 fully saturated rings. The highest BCUT2D eigenvalue weighted by atomic mass is 32.2. The fraction of sp³-hybridized carbons (Fsp3) is 0.176. The second-order valence-corrected chi connectivity index (χ2v) is 6.96. The van der Waals surface area contributed by atoms with Gasteiger partial charge in [0.1, 0.15) is 0 Å². The van der Waals surface area contributed by atoms with Gasteiger partial charge in [0.05, 0.1) is 10.6 Å². The lowest BCUT2D eigenvalue weighted by Gasteiger charge is -2.09. The summed E-state index contributed by atoms with van der Waals surface area (Å²) in [5.74, 6) is -0.0560. The molecule has 0 aliphatic carbocycles. The number of sulfone groups is 1. The number of rotatable bonds is 4. The minimum atomic E-state index is -3.35. The van der Waals surface area contributed by atoms with Gasteiger partial charge in [-0.2, -0.15) is 0 Å². The molecular weight excluding hydrogens is 268 g/mol. The third-order valence-corrected chi connectivity index (χ3v) is 5.08. The van der Waals surface area contributed by atoms with Crippen molar-refractivity contribution in [3.63, 3.8) is 0 Å². The first-order valence-electron chi connectivity index (χ1n) is 6.43. The van der Waals surface area contributed by atoms with Gasteiger partial charge in [0.2, 0.25) is 0 Å². The Hall–Kier alpha value is -1.87. The van der Waals surface area contributed by atoms with Crippen molar-refractivity contribution in [3.8, 4) is 0 Å². The molecule has 0 N–H and O–H groups in total. The van der Waals surface area contributed by atoms with Gasteiger partial charge in [-0.15, -0.1) is 0 Å². The largest absolute Gasteiger partial charge is 0.223 e. The average Bonchev–Trinajstić information content (AvgIpc) is 2.42. The Morgan fingerprint density at radius 3 is 2.25 bits per heavy atom. The summed E-state index contributed by atoms with van der Waals surface area (Å²) >= 11 is 0. The van der Waals surface area contributed by atoms with Crippen LogP contribution >= 0.6 is 0 Å². The summed E-state index contributed by atoms with van der Waals surface area (Å²) in [6, 6.07) is 14.6. The second-order valence-electron chi connectivity index (χ2n) is 4.97. The molecule has 0 aromatic heterocycles. The first-order chi connectivity index (χ1) is 9.40. The maximum Gasteiger partial charge on any atom is 0.182 e. The standard InChI is InChI=1S/C17H18O2S/c1-13-9-10-17(11-14(13)2)20(18,19)12-15(3)16-7-5-4-6-8-16/h4-11H,3,12H2,1-2H3. The summed E-state index contributed by atoms with van der Waals surface area (Å²) in [7, 11) is -3.35. The Kier molecular flexibility index (Phi) is 4.09. The van der Waals surface area contributed by atoms with Gasteiger partial charge < -0.3 is 0 Å². The van der Waals surface area contributed by atoms with E-state index >= 15 is 0 Å². The van der Waals surface area contributed by atoms with E-state index in [1.807, 2.05) is 50.2 Å². The van der Waals surface area contributed by atoms with Crippen LogP contribution in [0.25, 0.3) is 5.57 Å². The molecule has 0 aliphatic heterocycles. The van der Waals surface area contributed by atoms with Crippen molar-refractivity contribution in [2.45, 2.75) is 18.7 Å². The van der Waals surface area contributed by atoms with Crippen molar-refractivity contribution in [2.24, 2.45) is 0 Å². The predicted molar refractivity (Wildman–Crippen MR) is 83.4 cm³/mol. The quantitative estimate of drug-likeness (QED) is 0.857. The van der Waals surface area contributed by atoms with Crippen molar-refractivity contribution in [1.82, 2.24) is 0 Å². The summed E-state index contributed by atoms with van der Waals surface area (Å²) in [5.41, 5.74) is 3.55. The van der Waals surface area contributed by atoms with Crippen molar-refractivity contribution in [2.75, 3.05) is 5.75 Å². The summed E-state index contributed by atoms with van der Waals surface area (Å²) < 4.78 is 24.8. The highest BCUT2D eigenvalue weighted by Crippen LogP contribution is 2.21. The lowest BCUT2D eigenvalue weighted by molar-refractivity contribution is 0.599. The maximum atomic E-state index is 12.4. The van der Waals surface area contributed by atoms with Gasteiger partial charge in [-0.05, 0) is 48.2 Å². The van der Waals surface area contributed by atoms with E-state index < -0.39 is 9.84 Å². The Bertz CT molecular complexity index is 729. The van der Waals surface area contributed by atoms with Crippen LogP contribution in [0.15, 0.2) is 60.0 Å². The molecule has 2 rings (SSSR count). The van der Waals surface area contributed by atoms with Crippen molar-refractivity contribution >= 4 is 15.4 Å². The molecule has 0 bridgehead atoms. The van der Waals surface area contributed by atoms with Gasteiger partial charge in [0.15, 0.2) is 9.84 Å². The summed E-state index contributed by atoms with van der Waals surface area (Å²) in [5, 5.41) is 0. The molecule has 0 saturated heterocycles. The van der Waals surface area contributed by atoms with Crippen LogP contribution in [0.5, 0.6) is 0 Å². The molecule has 104 valence electrons. The fourth-order valence-corrected chi connectivity index (χ4v) is 3.40. The topological polar surface area (TPSA) is 34.1 Å². The number of hydrogen-bond donors (Lipinski definition) is 0. The molecule has 0 radical (unpaired) electrons. The molecule has 0 amide bonds. The van der Waals surface area contributed by atoms with Crippen LogP contribution in [0.1, 0.15) is 16.7 Å². The molecular formula is C17H18O2S. The van der Waals surface area contributed by atoms with Crippen LogP contribution in [-0.2, 0) is 9.84 Å². The zero-order valence-corrected chi connectivity index (χ0v) is 12.6. The summed E-state index contributed by atoms with van der Waals surface area (Å²) in [6.07, 6.45) is 0. The monoisotopic (exact) mass is 286 g/mol. The predicted octanol–water partition coefficient (Wildman–Crippen LogP) is 3.79. The number of benzene rings is 2. The van der Waals surface area contributed by atoms with Crippen molar-refractivity contribution in [3.05, 3.63) is 71.8 Å². The molecule has 20 heavy (non-hydrogen) atoms. The number of hydrogen-bond acceptors (Lipinski definition) is 2. The molecule has 0 atom stereocenters. The summed E-state index contributed by atoms with van der Waals surface area (Å²) in [6.45, 7) is 7.78. The average molecular weight is 286 g/mol. The SMILES string of the molecule is C=C(CS(=O)(=O)c1ccc(C)c(C)c1)c1ccccc1. The third-order valence-electron chi connectivity index (χ3n) is 3.38. The van der Waals surface area contributed by atoms with E-state index in [-0.39, 0.29) is 5.75 Å². The first kappa shape index (κ1) is 14.5. The van der Waals surface area contributed by atoms with Crippen LogP contribution < -0.4 is 0 Å². The molecule has 0 heterocycles. The molecule has 2 aromatic rings. The van der Waals surface area contributed by atoms with E-state index in [1.165, 1.54) is 0 Å². The van der Waals surface area contributed by atoms with Crippen LogP contribution in [-0.4, -0.2) is 14.2 Å². The Morgan fingerprint density at radius 2 is 1.65 bits per heavy atom. The molecule has 0 spiro atoms. The van der Waals surface area contributed by atoms with E-state index in [0.29, 0.717) is 10.5 Å². The van der Waals surface area contributed by atoms with Gasteiger partial charge in [-0.3, -0.25) is 0 Å².